The second-order valence-electron chi connectivity index (χ2n) is 21.4. The van der Waals surface area contributed by atoms with Crippen LogP contribution >= 0.6 is 46.2 Å². The molecule has 0 spiro atoms. The SMILES string of the molecule is Cc1cc(SCC2=C(C(=O)OC(c3ccccc3)c3ccccc3)N3C(=O)[C@@H](NC(=O)/C(=N\OC(=O)Cc4cccs4)c4csc(NC(c5ccccc5)(c5ccccc5)c5ccccc5)n4)[C@H]3SC2)n2nc(C(=O)OC(c3ccccc3)c3ccccc3)nc2n1. The van der Waals surface area contributed by atoms with E-state index in [4.69, 9.17) is 19.3 Å². The minimum Gasteiger partial charge on any atom is -0.448 e. The van der Waals surface area contributed by atoms with E-state index in [0.717, 1.165) is 32.7 Å². The number of anilines is 1. The number of esters is 2. The summed E-state index contributed by atoms with van der Waals surface area (Å²) in [6.07, 6.45) is -1.72. The first-order chi connectivity index (χ1) is 45.1. The lowest BCUT2D eigenvalue weighted by Crippen LogP contribution is -2.71. The standard InChI is InChI=1S/C71H55N9O8S4/c1-45-40-56(80-69(72-45)75-63(77-80)68(85)87-62(48-28-13-4-14-29-48)49-30-15-5-16-31-49)90-42-50-43-91-66-59(65(83)79(66)60(50)67(84)86-61(46-24-9-2-10-25-46)47-26-11-3-12-27-47)74-64(82)58(78-88-57(81)41-54-38-23-39-89-54)55-44-92-70(73-55)76-71(51-32-17-6-18-33-51,52-34-19-7-20-35-52)53-36-21-8-22-37-53/h2-40,44,59,61-62,66H,41-43H2,1H3,(H,73,76)(H,74,82)/b78-58-/t59-,66-/m1/s1. The van der Waals surface area contributed by atoms with Gasteiger partial charge in [0.05, 0.1) is 6.42 Å². The average Bonchev–Trinajstić information content (AvgIpc) is 1.34. The summed E-state index contributed by atoms with van der Waals surface area (Å²) in [5.74, 6) is -3.39. The lowest BCUT2D eigenvalue weighted by molar-refractivity contribution is -0.154. The summed E-state index contributed by atoms with van der Waals surface area (Å²) in [5.41, 5.74) is 5.56. The number of nitrogens with one attached hydrogen (secondary N) is 2. The molecule has 92 heavy (non-hydrogen) atoms. The molecule has 11 aromatic rings. The van der Waals surface area contributed by atoms with Gasteiger partial charge in [-0.2, -0.15) is 9.50 Å². The van der Waals surface area contributed by atoms with Gasteiger partial charge >= 0.3 is 17.9 Å². The summed E-state index contributed by atoms with van der Waals surface area (Å²) in [6, 6.07) is 71.5. The van der Waals surface area contributed by atoms with Crippen LogP contribution in [-0.4, -0.2) is 87.8 Å². The third-order valence-corrected chi connectivity index (χ3v) is 19.4. The van der Waals surface area contributed by atoms with Gasteiger partial charge in [0.15, 0.2) is 23.1 Å². The molecule has 0 aliphatic carbocycles. The maximum absolute atomic E-state index is 15.3. The smallest absolute Gasteiger partial charge is 0.379 e. The number of ether oxygens (including phenoxy) is 2. The monoisotopic (exact) mass is 1290 g/mol. The van der Waals surface area contributed by atoms with Crippen LogP contribution in [0.3, 0.4) is 0 Å². The lowest BCUT2D eigenvalue weighted by atomic mass is 9.77. The van der Waals surface area contributed by atoms with Crippen molar-refractivity contribution in [3.05, 3.63) is 314 Å². The number of oxime groups is 1. The van der Waals surface area contributed by atoms with E-state index >= 15 is 9.59 Å². The molecule has 4 aromatic heterocycles. The Hall–Kier alpha value is -10.3. The molecule has 13 rings (SSSR count). The van der Waals surface area contributed by atoms with E-state index in [9.17, 15) is 14.4 Å². The van der Waals surface area contributed by atoms with Gasteiger partial charge in [-0.25, -0.2) is 24.4 Å². The Kier molecular flexibility index (Phi) is 18.1. The van der Waals surface area contributed by atoms with Gasteiger partial charge in [0.25, 0.3) is 23.4 Å². The zero-order valence-corrected chi connectivity index (χ0v) is 52.3. The Balaban J connectivity index is 0.809. The maximum atomic E-state index is 15.3. The number of thiazole rings is 1. The van der Waals surface area contributed by atoms with Crippen LogP contribution < -0.4 is 10.6 Å². The molecular formula is C71H55N9O8S4. The van der Waals surface area contributed by atoms with Crippen molar-refractivity contribution >= 4 is 92.5 Å². The number of carbonyl (C=O) groups is 5. The molecule has 21 heteroatoms. The predicted octanol–water partition coefficient (Wildman–Crippen LogP) is 12.6. The zero-order valence-electron chi connectivity index (χ0n) is 49.1. The van der Waals surface area contributed by atoms with E-state index in [1.165, 1.54) is 55.6 Å². The van der Waals surface area contributed by atoms with Crippen molar-refractivity contribution in [3.63, 3.8) is 0 Å². The Bertz CT molecular complexity index is 4330. The highest BCUT2D eigenvalue weighted by atomic mass is 32.2. The summed E-state index contributed by atoms with van der Waals surface area (Å²) in [5, 5.41) is 19.1. The highest BCUT2D eigenvalue weighted by Crippen LogP contribution is 2.44. The number of aromatic nitrogens is 5. The zero-order chi connectivity index (χ0) is 63.0. The number of hydrogen-bond acceptors (Lipinski definition) is 18. The van der Waals surface area contributed by atoms with Crippen LogP contribution in [0.25, 0.3) is 5.78 Å². The highest BCUT2D eigenvalue weighted by molar-refractivity contribution is 8.01. The van der Waals surface area contributed by atoms with Crippen LogP contribution in [0.5, 0.6) is 0 Å². The molecule has 1 saturated heterocycles. The Morgan fingerprint density at radius 1 is 0.652 bits per heavy atom. The molecule has 1 fully saturated rings. The summed E-state index contributed by atoms with van der Waals surface area (Å²) < 4.78 is 14.1. The molecule has 0 bridgehead atoms. The largest absolute Gasteiger partial charge is 0.448 e. The van der Waals surface area contributed by atoms with E-state index in [1.54, 1.807) is 24.4 Å². The number of thioether (sulfide) groups is 2. The lowest BCUT2D eigenvalue weighted by Gasteiger charge is -2.49. The number of hydrogen-bond donors (Lipinski definition) is 2. The van der Waals surface area contributed by atoms with Gasteiger partial charge in [-0.3, -0.25) is 14.5 Å². The first-order valence-corrected chi connectivity index (χ1v) is 33.0. The van der Waals surface area contributed by atoms with Gasteiger partial charge in [-0.05, 0) is 69.0 Å². The molecule has 2 aliphatic heterocycles. The number of β-lactam (4-membered cyclic amide) rings is 1. The molecule has 2 N–H and O–H groups in total. The van der Waals surface area contributed by atoms with Crippen molar-refractivity contribution in [3.8, 4) is 0 Å². The summed E-state index contributed by atoms with van der Waals surface area (Å²) in [6.45, 7) is 1.80. The number of amides is 2. The fourth-order valence-electron chi connectivity index (χ4n) is 11.1. The molecular weight excluding hydrogens is 1240 g/mol. The first kappa shape index (κ1) is 60.6. The van der Waals surface area contributed by atoms with Crippen LogP contribution in [-0.2, 0) is 45.4 Å². The van der Waals surface area contributed by atoms with Crippen molar-refractivity contribution in [2.45, 2.75) is 47.5 Å². The third kappa shape index (κ3) is 12.9. The summed E-state index contributed by atoms with van der Waals surface area (Å²) in [4.78, 5) is 94.4. The van der Waals surface area contributed by atoms with Gasteiger partial charge in [0.1, 0.15) is 33.4 Å². The fourth-order valence-corrected chi connectivity index (χ4v) is 15.0. The van der Waals surface area contributed by atoms with Crippen LogP contribution in [0, 0.1) is 6.92 Å². The minimum atomic E-state index is -1.19. The number of nitrogens with zero attached hydrogens (tertiary/aromatic N) is 7. The van der Waals surface area contributed by atoms with Crippen LogP contribution in [0.4, 0.5) is 5.13 Å². The molecule has 456 valence electrons. The second kappa shape index (κ2) is 27.4. The van der Waals surface area contributed by atoms with E-state index in [2.05, 4.69) is 30.9 Å². The van der Waals surface area contributed by atoms with Gasteiger partial charge in [-0.15, -0.1) is 51.3 Å². The van der Waals surface area contributed by atoms with E-state index in [-0.39, 0.29) is 46.6 Å². The van der Waals surface area contributed by atoms with Crippen LogP contribution in [0.15, 0.2) is 263 Å². The Morgan fingerprint density at radius 2 is 1.17 bits per heavy atom. The number of fused-ring (bicyclic) bond motifs is 2. The summed E-state index contributed by atoms with van der Waals surface area (Å²) in [7, 11) is 0. The second-order valence-corrected chi connectivity index (χ2v) is 25.4. The van der Waals surface area contributed by atoms with Crippen molar-refractivity contribution in [1.82, 2.24) is 34.8 Å². The quantitative estimate of drug-likeness (QED) is 0.00945. The normalized spacial score (nSPS) is 14.8. The Labute approximate surface area is 545 Å². The molecule has 2 aliphatic rings. The highest BCUT2D eigenvalue weighted by Gasteiger charge is 2.55. The van der Waals surface area contributed by atoms with Gasteiger partial charge in [-0.1, -0.05) is 224 Å². The van der Waals surface area contributed by atoms with Crippen LogP contribution in [0.2, 0.25) is 0 Å². The molecule has 0 unspecified atom stereocenters. The van der Waals surface area contributed by atoms with E-state index < -0.39 is 58.9 Å². The van der Waals surface area contributed by atoms with Crippen molar-refractivity contribution in [1.29, 1.82) is 0 Å². The molecule has 0 saturated carbocycles. The number of carbonyl (C=O) groups excluding carboxylic acids is 5. The molecule has 7 aromatic carbocycles. The summed E-state index contributed by atoms with van der Waals surface area (Å²) >= 11 is 5.24. The van der Waals surface area contributed by atoms with Gasteiger partial charge in [0.2, 0.25) is 0 Å². The Morgan fingerprint density at radius 3 is 1.70 bits per heavy atom. The number of rotatable bonds is 22. The number of benzene rings is 7. The molecule has 0 radical (unpaired) electrons. The van der Waals surface area contributed by atoms with Gasteiger partial charge < -0.3 is 24.9 Å². The van der Waals surface area contributed by atoms with E-state index in [1.807, 2.05) is 224 Å². The van der Waals surface area contributed by atoms with Crippen molar-refractivity contribution in [2.75, 3.05) is 16.8 Å². The van der Waals surface area contributed by atoms with Crippen molar-refractivity contribution in [2.24, 2.45) is 5.16 Å². The predicted molar refractivity (Wildman–Crippen MR) is 355 cm³/mol. The molecule has 2 amide bonds. The first-order valence-electron chi connectivity index (χ1n) is 29.3. The number of thiophene rings is 1. The maximum Gasteiger partial charge on any atom is 0.379 e. The molecule has 17 nitrogen and oxygen atoms in total. The topological polar surface area (TPSA) is 209 Å². The fraction of sp³-hybridized carbons (Fsp3) is 0.127. The molecule has 2 atom stereocenters. The average molecular weight is 1290 g/mol. The van der Waals surface area contributed by atoms with Gasteiger partial charge in [0, 0.05) is 27.5 Å². The van der Waals surface area contributed by atoms with Crippen LogP contribution in [0.1, 0.15) is 78.0 Å². The van der Waals surface area contributed by atoms with Crippen molar-refractivity contribution < 1.29 is 38.3 Å². The van der Waals surface area contributed by atoms with E-state index in [0.29, 0.717) is 32.6 Å². The third-order valence-electron chi connectivity index (χ3n) is 15.4. The number of aryl methyl sites for hydroxylation is 1. The molecule has 6 heterocycles. The minimum absolute atomic E-state index is 0.0108.